The van der Waals surface area contributed by atoms with Crippen molar-refractivity contribution < 1.29 is 0 Å². The minimum absolute atomic E-state index is 0.0822. The third kappa shape index (κ3) is 1.45. The van der Waals surface area contributed by atoms with Gasteiger partial charge in [-0.15, -0.1) is 6.58 Å². The fourth-order valence-electron chi connectivity index (χ4n) is 0.742. The predicted molar refractivity (Wildman–Crippen MR) is 42.4 cm³/mol. The molecule has 1 aromatic carbocycles. The van der Waals surface area contributed by atoms with Gasteiger partial charge in [-0.2, -0.15) is 0 Å². The van der Waals surface area contributed by atoms with Gasteiger partial charge in [-0.25, -0.2) is 0 Å². The van der Waals surface area contributed by atoms with E-state index in [0.29, 0.717) is 0 Å². The van der Waals surface area contributed by atoms with E-state index in [2.05, 4.69) is 12.6 Å². The van der Waals surface area contributed by atoms with Crippen LogP contribution in [0.25, 0.3) is 0 Å². The van der Waals surface area contributed by atoms with E-state index in [1.54, 1.807) is 6.08 Å². The molecule has 0 aliphatic heterocycles. The Morgan fingerprint density at radius 3 is 2.90 bits per heavy atom. The van der Waals surface area contributed by atoms with Gasteiger partial charge in [0.05, 0.1) is 0 Å². The lowest BCUT2D eigenvalue weighted by Crippen LogP contribution is -2.05. The van der Waals surface area contributed by atoms with Crippen LogP contribution in [0.1, 0.15) is 11.6 Å². The Bertz CT molecular complexity index is 203. The van der Waals surface area contributed by atoms with Crippen LogP contribution in [-0.2, 0) is 0 Å². The quantitative estimate of drug-likeness (QED) is 0.608. The molecule has 0 saturated heterocycles. The maximum Gasteiger partial charge on any atom is 0.0484 e. The van der Waals surface area contributed by atoms with Crippen molar-refractivity contribution in [2.45, 2.75) is 6.04 Å². The van der Waals surface area contributed by atoms with Gasteiger partial charge < -0.3 is 5.73 Å². The molecule has 0 heterocycles. The van der Waals surface area contributed by atoms with Crippen molar-refractivity contribution in [2.24, 2.45) is 5.73 Å². The Morgan fingerprint density at radius 1 is 1.60 bits per heavy atom. The van der Waals surface area contributed by atoms with Crippen LogP contribution in [0, 0.1) is 6.07 Å². The smallest absolute Gasteiger partial charge is 0.0484 e. The van der Waals surface area contributed by atoms with E-state index in [0.717, 1.165) is 5.56 Å². The summed E-state index contributed by atoms with van der Waals surface area (Å²) in [7, 11) is 0. The minimum atomic E-state index is -0.0822. The van der Waals surface area contributed by atoms with Crippen molar-refractivity contribution in [3.8, 4) is 0 Å². The molecule has 51 valence electrons. The number of rotatable bonds is 2. The topological polar surface area (TPSA) is 26.0 Å². The molecule has 2 N–H and O–H groups in total. The summed E-state index contributed by atoms with van der Waals surface area (Å²) in [4.78, 5) is 0. The first-order valence-corrected chi connectivity index (χ1v) is 3.19. The summed E-state index contributed by atoms with van der Waals surface area (Å²) >= 11 is 0. The van der Waals surface area contributed by atoms with Gasteiger partial charge in [-0.3, -0.25) is 0 Å². The molecular formula is C9H10N. The van der Waals surface area contributed by atoms with E-state index >= 15 is 0 Å². The molecule has 1 radical (unpaired) electrons. The zero-order valence-electron chi connectivity index (χ0n) is 5.75. The number of hydrogen-bond donors (Lipinski definition) is 1. The summed E-state index contributed by atoms with van der Waals surface area (Å²) in [5.41, 5.74) is 6.63. The Balaban J connectivity index is 2.84. The second-order valence-corrected chi connectivity index (χ2v) is 2.08. The second kappa shape index (κ2) is 3.18. The molecule has 1 rings (SSSR count). The van der Waals surface area contributed by atoms with Gasteiger partial charge in [-0.05, 0) is 11.6 Å². The first-order chi connectivity index (χ1) is 4.84. The van der Waals surface area contributed by atoms with E-state index in [1.807, 2.05) is 24.3 Å². The minimum Gasteiger partial charge on any atom is -0.321 e. The molecule has 0 spiro atoms. The average molecular weight is 132 g/mol. The zero-order chi connectivity index (χ0) is 7.40. The molecule has 1 atom stereocenters. The summed E-state index contributed by atoms with van der Waals surface area (Å²) in [6.07, 6.45) is 1.70. The third-order valence-corrected chi connectivity index (χ3v) is 1.35. The van der Waals surface area contributed by atoms with Crippen LogP contribution in [-0.4, -0.2) is 0 Å². The van der Waals surface area contributed by atoms with Crippen molar-refractivity contribution in [3.63, 3.8) is 0 Å². The molecule has 0 fully saturated rings. The molecule has 0 aliphatic carbocycles. The van der Waals surface area contributed by atoms with E-state index in [1.165, 1.54) is 0 Å². The highest BCUT2D eigenvalue weighted by Crippen LogP contribution is 2.07. The second-order valence-electron chi connectivity index (χ2n) is 2.08. The average Bonchev–Trinajstić information content (AvgIpc) is 2.05. The highest BCUT2D eigenvalue weighted by atomic mass is 14.6. The van der Waals surface area contributed by atoms with Gasteiger partial charge in [-0.1, -0.05) is 30.3 Å². The molecule has 1 unspecified atom stereocenters. The third-order valence-electron chi connectivity index (χ3n) is 1.35. The first-order valence-electron chi connectivity index (χ1n) is 3.19. The lowest BCUT2D eigenvalue weighted by atomic mass is 10.1. The Morgan fingerprint density at radius 2 is 2.40 bits per heavy atom. The van der Waals surface area contributed by atoms with Crippen LogP contribution in [0.5, 0.6) is 0 Å². The summed E-state index contributed by atoms with van der Waals surface area (Å²) in [5, 5.41) is 0. The molecular weight excluding hydrogens is 122 g/mol. The Hall–Kier alpha value is -1.08. The maximum atomic E-state index is 5.64. The van der Waals surface area contributed by atoms with E-state index in [4.69, 9.17) is 5.73 Å². The lowest BCUT2D eigenvalue weighted by molar-refractivity contribution is 0.912. The van der Waals surface area contributed by atoms with Crippen molar-refractivity contribution in [1.29, 1.82) is 0 Å². The van der Waals surface area contributed by atoms with Gasteiger partial charge in [0.15, 0.2) is 0 Å². The molecule has 0 amide bonds. The van der Waals surface area contributed by atoms with Crippen LogP contribution in [0.15, 0.2) is 36.9 Å². The highest BCUT2D eigenvalue weighted by molar-refractivity contribution is 5.19. The first kappa shape index (κ1) is 7.03. The zero-order valence-corrected chi connectivity index (χ0v) is 5.75. The van der Waals surface area contributed by atoms with E-state index in [9.17, 15) is 0 Å². The van der Waals surface area contributed by atoms with Crippen molar-refractivity contribution in [1.82, 2.24) is 0 Å². The van der Waals surface area contributed by atoms with Gasteiger partial charge in [0.25, 0.3) is 0 Å². The largest absolute Gasteiger partial charge is 0.321 e. The highest BCUT2D eigenvalue weighted by Gasteiger charge is 1.97. The van der Waals surface area contributed by atoms with Gasteiger partial charge in [0.2, 0.25) is 0 Å². The van der Waals surface area contributed by atoms with Crippen LogP contribution in [0.2, 0.25) is 0 Å². The molecule has 0 aromatic heterocycles. The van der Waals surface area contributed by atoms with Crippen molar-refractivity contribution in [2.75, 3.05) is 0 Å². The van der Waals surface area contributed by atoms with Crippen LogP contribution in [0.3, 0.4) is 0 Å². The van der Waals surface area contributed by atoms with Crippen LogP contribution in [0.4, 0.5) is 0 Å². The van der Waals surface area contributed by atoms with Gasteiger partial charge in [0, 0.05) is 6.04 Å². The van der Waals surface area contributed by atoms with Gasteiger partial charge in [0.1, 0.15) is 0 Å². The maximum absolute atomic E-state index is 5.64. The standard InChI is InChI=1S/C9H10N/c1-2-9(10)8-6-4-3-5-7-8/h2-6,9H,1,10H2. The molecule has 10 heavy (non-hydrogen) atoms. The summed E-state index contributed by atoms with van der Waals surface area (Å²) in [6.45, 7) is 3.59. The Kier molecular flexibility index (Phi) is 2.24. The molecule has 1 heteroatoms. The van der Waals surface area contributed by atoms with Crippen molar-refractivity contribution >= 4 is 0 Å². The SMILES string of the molecule is C=CC(N)c1[c]cccc1. The van der Waals surface area contributed by atoms with Crippen molar-refractivity contribution in [3.05, 3.63) is 48.6 Å². The summed E-state index contributed by atoms with van der Waals surface area (Å²) < 4.78 is 0. The molecule has 1 nitrogen and oxygen atoms in total. The molecule has 0 saturated carbocycles. The fraction of sp³-hybridized carbons (Fsp3) is 0.111. The lowest BCUT2D eigenvalue weighted by Gasteiger charge is -2.03. The van der Waals surface area contributed by atoms with E-state index in [-0.39, 0.29) is 6.04 Å². The fourth-order valence-corrected chi connectivity index (χ4v) is 0.742. The molecule has 0 aliphatic rings. The van der Waals surface area contributed by atoms with Gasteiger partial charge >= 0.3 is 0 Å². The summed E-state index contributed by atoms with van der Waals surface area (Å²) in [6, 6.07) is 10.6. The van der Waals surface area contributed by atoms with Crippen LogP contribution < -0.4 is 5.73 Å². The Labute approximate surface area is 61.2 Å². The molecule has 0 bridgehead atoms. The number of nitrogens with two attached hydrogens (primary N) is 1. The molecule has 1 aromatic rings. The summed E-state index contributed by atoms with van der Waals surface area (Å²) in [5.74, 6) is 0. The predicted octanol–water partition coefficient (Wildman–Crippen LogP) is 1.67. The number of benzene rings is 1. The van der Waals surface area contributed by atoms with Crippen LogP contribution >= 0.6 is 0 Å². The normalized spacial score (nSPS) is 12.5. The van der Waals surface area contributed by atoms with E-state index < -0.39 is 0 Å². The number of hydrogen-bond acceptors (Lipinski definition) is 1. The monoisotopic (exact) mass is 132 g/mol.